The molecule has 1 saturated heterocycles. The standard InChI is InChI=1S/C23H27N7O2S/c1-3-19-16(2)21-22(24-15-25-23(21)33-19)29-12-10-28(11-13-29)20(31)9-6-14-32-30-18-8-5-4-7-17(18)26-27-30/h4-5,7-8,15H,3,6,9-14H2,1-2H3. The maximum Gasteiger partial charge on any atom is 0.222 e. The SMILES string of the molecule is CCc1sc2ncnc(N3CCN(C(=O)CCCOn4nnc5ccccc54)CC3)c2c1C. The van der Waals surface area contributed by atoms with E-state index in [9.17, 15) is 4.79 Å². The first-order valence-electron chi connectivity index (χ1n) is 11.3. The Morgan fingerprint density at radius 1 is 1.15 bits per heavy atom. The third-order valence-electron chi connectivity index (χ3n) is 6.13. The molecule has 10 heteroatoms. The number of para-hydroxylation sites is 1. The molecule has 4 aromatic rings. The highest BCUT2D eigenvalue weighted by Gasteiger charge is 2.24. The lowest BCUT2D eigenvalue weighted by molar-refractivity contribution is -0.131. The Hall–Kier alpha value is -3.27. The largest absolute Gasteiger partial charge is 0.395 e. The molecule has 0 atom stereocenters. The number of hydrogen-bond donors (Lipinski definition) is 0. The van der Waals surface area contributed by atoms with Crippen molar-refractivity contribution in [2.75, 3.05) is 37.7 Å². The van der Waals surface area contributed by atoms with Crippen LogP contribution in [0.5, 0.6) is 0 Å². The number of anilines is 1. The van der Waals surface area contributed by atoms with Gasteiger partial charge in [-0.15, -0.1) is 16.4 Å². The molecule has 1 amide bonds. The highest BCUT2D eigenvalue weighted by atomic mass is 32.1. The molecule has 9 nitrogen and oxygen atoms in total. The minimum absolute atomic E-state index is 0.162. The predicted molar refractivity (Wildman–Crippen MR) is 129 cm³/mol. The molecule has 0 N–H and O–H groups in total. The maximum absolute atomic E-state index is 12.7. The van der Waals surface area contributed by atoms with Crippen LogP contribution in [0.4, 0.5) is 5.82 Å². The minimum atomic E-state index is 0.162. The van der Waals surface area contributed by atoms with E-state index in [1.165, 1.54) is 15.3 Å². The average Bonchev–Trinajstić information content (AvgIpc) is 3.42. The van der Waals surface area contributed by atoms with E-state index in [-0.39, 0.29) is 5.91 Å². The summed E-state index contributed by atoms with van der Waals surface area (Å²) in [6.07, 6.45) is 3.75. The summed E-state index contributed by atoms with van der Waals surface area (Å²) in [5.74, 6) is 1.16. The van der Waals surface area contributed by atoms with E-state index in [1.807, 2.05) is 29.2 Å². The third-order valence-corrected chi connectivity index (χ3v) is 7.47. The summed E-state index contributed by atoms with van der Waals surface area (Å²) in [7, 11) is 0. The zero-order valence-electron chi connectivity index (χ0n) is 18.9. The molecule has 172 valence electrons. The molecular weight excluding hydrogens is 438 g/mol. The minimum Gasteiger partial charge on any atom is -0.395 e. The van der Waals surface area contributed by atoms with Gasteiger partial charge >= 0.3 is 0 Å². The van der Waals surface area contributed by atoms with Crippen molar-refractivity contribution in [2.45, 2.75) is 33.1 Å². The summed E-state index contributed by atoms with van der Waals surface area (Å²) < 4.78 is 0. The topological polar surface area (TPSA) is 89.3 Å². The Morgan fingerprint density at radius 3 is 2.79 bits per heavy atom. The maximum atomic E-state index is 12.7. The van der Waals surface area contributed by atoms with Crippen LogP contribution < -0.4 is 9.74 Å². The highest BCUT2D eigenvalue weighted by molar-refractivity contribution is 7.18. The van der Waals surface area contributed by atoms with Gasteiger partial charge in [0.05, 0.1) is 5.39 Å². The number of thiophene rings is 1. The van der Waals surface area contributed by atoms with E-state index < -0.39 is 0 Å². The van der Waals surface area contributed by atoms with E-state index in [0.717, 1.165) is 46.6 Å². The Kier molecular flexibility index (Phi) is 6.08. The summed E-state index contributed by atoms with van der Waals surface area (Å²) in [6, 6.07) is 7.63. The van der Waals surface area contributed by atoms with Gasteiger partial charge in [0.25, 0.3) is 0 Å². The molecule has 1 aromatic carbocycles. The van der Waals surface area contributed by atoms with Crippen LogP contribution in [0.3, 0.4) is 0 Å². The Bertz CT molecular complexity index is 1280. The predicted octanol–water partition coefficient (Wildman–Crippen LogP) is 2.86. The summed E-state index contributed by atoms with van der Waals surface area (Å²) in [5.41, 5.74) is 2.90. The molecule has 0 saturated carbocycles. The number of amides is 1. The first-order chi connectivity index (χ1) is 16.2. The number of carbonyl (C=O) groups is 1. The number of nitrogens with zero attached hydrogens (tertiary/aromatic N) is 7. The van der Waals surface area contributed by atoms with Crippen LogP contribution in [0, 0.1) is 6.92 Å². The molecule has 0 spiro atoms. The summed E-state index contributed by atoms with van der Waals surface area (Å²) in [4.78, 5) is 35.6. The van der Waals surface area contributed by atoms with Crippen molar-refractivity contribution in [1.82, 2.24) is 30.0 Å². The van der Waals surface area contributed by atoms with E-state index in [2.05, 4.69) is 39.0 Å². The van der Waals surface area contributed by atoms with Gasteiger partial charge < -0.3 is 14.6 Å². The Balaban J connectivity index is 1.13. The van der Waals surface area contributed by atoms with Crippen LogP contribution >= 0.6 is 11.3 Å². The van der Waals surface area contributed by atoms with Gasteiger partial charge in [-0.1, -0.05) is 23.9 Å². The van der Waals surface area contributed by atoms with Crippen molar-refractivity contribution in [1.29, 1.82) is 0 Å². The molecule has 0 aliphatic carbocycles. The Labute approximate surface area is 195 Å². The fourth-order valence-corrected chi connectivity index (χ4v) is 5.40. The van der Waals surface area contributed by atoms with Gasteiger partial charge in [0.2, 0.25) is 5.91 Å². The second-order valence-corrected chi connectivity index (χ2v) is 9.22. The number of carbonyl (C=O) groups excluding carboxylic acids is 1. The number of fused-ring (bicyclic) bond motifs is 2. The lowest BCUT2D eigenvalue weighted by Crippen LogP contribution is -2.49. The van der Waals surface area contributed by atoms with Crippen molar-refractivity contribution in [3.8, 4) is 0 Å². The summed E-state index contributed by atoms with van der Waals surface area (Å²) in [6.45, 7) is 7.69. The van der Waals surface area contributed by atoms with E-state index in [4.69, 9.17) is 4.84 Å². The van der Waals surface area contributed by atoms with E-state index in [0.29, 0.717) is 32.5 Å². The summed E-state index contributed by atoms with van der Waals surface area (Å²) in [5, 5.41) is 9.24. The van der Waals surface area contributed by atoms with Gasteiger partial charge in [-0.3, -0.25) is 4.79 Å². The first kappa shape index (κ1) is 21.6. The van der Waals surface area contributed by atoms with Gasteiger partial charge in [-0.05, 0) is 42.7 Å². The number of aromatic nitrogens is 5. The lowest BCUT2D eigenvalue weighted by atomic mass is 10.1. The molecular formula is C23H27N7O2S. The molecule has 0 unspecified atom stereocenters. The number of rotatable bonds is 7. The fourth-order valence-electron chi connectivity index (χ4n) is 4.32. The van der Waals surface area contributed by atoms with Gasteiger partial charge in [-0.25, -0.2) is 9.97 Å². The zero-order chi connectivity index (χ0) is 22.8. The molecule has 0 bridgehead atoms. The van der Waals surface area contributed by atoms with Crippen molar-refractivity contribution in [3.05, 3.63) is 41.0 Å². The first-order valence-corrected chi connectivity index (χ1v) is 12.2. The van der Waals surface area contributed by atoms with Crippen LogP contribution in [-0.4, -0.2) is 68.7 Å². The van der Waals surface area contributed by atoms with Gasteiger partial charge in [0.1, 0.15) is 34.6 Å². The molecule has 3 aromatic heterocycles. The average molecular weight is 466 g/mol. The van der Waals surface area contributed by atoms with E-state index >= 15 is 0 Å². The zero-order valence-corrected chi connectivity index (χ0v) is 19.7. The second kappa shape index (κ2) is 9.30. The molecule has 4 heterocycles. The van der Waals surface area contributed by atoms with Crippen LogP contribution in [0.2, 0.25) is 0 Å². The van der Waals surface area contributed by atoms with Crippen molar-refractivity contribution in [3.63, 3.8) is 0 Å². The number of aryl methyl sites for hydroxylation is 2. The van der Waals surface area contributed by atoms with Crippen LogP contribution in [0.1, 0.15) is 30.2 Å². The normalized spacial score (nSPS) is 14.4. The highest BCUT2D eigenvalue weighted by Crippen LogP contribution is 2.35. The number of benzene rings is 1. The number of piperazine rings is 1. The molecule has 1 aliphatic heterocycles. The van der Waals surface area contributed by atoms with Crippen LogP contribution in [-0.2, 0) is 11.2 Å². The fraction of sp³-hybridized carbons (Fsp3) is 0.435. The van der Waals surface area contributed by atoms with Gasteiger partial charge in [0, 0.05) is 37.5 Å². The monoisotopic (exact) mass is 465 g/mol. The molecule has 1 fully saturated rings. The lowest BCUT2D eigenvalue weighted by Gasteiger charge is -2.35. The summed E-state index contributed by atoms with van der Waals surface area (Å²) >= 11 is 1.75. The Morgan fingerprint density at radius 2 is 1.97 bits per heavy atom. The molecule has 5 rings (SSSR count). The van der Waals surface area contributed by atoms with Crippen molar-refractivity contribution in [2.24, 2.45) is 0 Å². The smallest absolute Gasteiger partial charge is 0.222 e. The van der Waals surface area contributed by atoms with E-state index in [1.54, 1.807) is 17.7 Å². The molecule has 0 radical (unpaired) electrons. The second-order valence-electron chi connectivity index (χ2n) is 8.14. The van der Waals surface area contributed by atoms with Gasteiger partial charge in [-0.2, -0.15) is 0 Å². The van der Waals surface area contributed by atoms with Gasteiger partial charge in [0.15, 0.2) is 0 Å². The quantitative estimate of drug-likeness (QED) is 0.388. The van der Waals surface area contributed by atoms with Crippen molar-refractivity contribution < 1.29 is 9.63 Å². The molecule has 1 aliphatic rings. The van der Waals surface area contributed by atoms with Crippen molar-refractivity contribution >= 4 is 44.3 Å². The van der Waals surface area contributed by atoms with Crippen LogP contribution in [0.15, 0.2) is 30.6 Å². The van der Waals surface area contributed by atoms with Crippen LogP contribution in [0.25, 0.3) is 21.3 Å². The third kappa shape index (κ3) is 4.22. The number of hydrogen-bond acceptors (Lipinski definition) is 8. The molecule has 33 heavy (non-hydrogen) atoms.